The van der Waals surface area contributed by atoms with Crippen LogP contribution >= 0.6 is 0 Å². The van der Waals surface area contributed by atoms with Crippen LogP contribution in [0.4, 0.5) is 0 Å². The summed E-state index contributed by atoms with van der Waals surface area (Å²) in [6.45, 7) is 9.18. The van der Waals surface area contributed by atoms with E-state index in [0.717, 1.165) is 11.3 Å². The number of hydrogen-bond acceptors (Lipinski definition) is 4. The van der Waals surface area contributed by atoms with Crippen LogP contribution in [-0.4, -0.2) is 25.4 Å². The number of hydrogen-bond donors (Lipinski definition) is 0. The molecule has 0 atom stereocenters. The molecule has 0 N–H and O–H groups in total. The van der Waals surface area contributed by atoms with Gasteiger partial charge in [0.1, 0.15) is 6.33 Å². The van der Waals surface area contributed by atoms with Crippen molar-refractivity contribution in [3.8, 4) is 5.88 Å². The SMILES string of the molecule is COc1ncnc(C)c1CO[Si](c1ccccc1)(c1ccccc1)C(C)(C)C. The summed E-state index contributed by atoms with van der Waals surface area (Å²) in [6.07, 6.45) is 1.53. The molecule has 1 heterocycles. The first-order valence-electron chi connectivity index (χ1n) is 9.49. The molecule has 4 nitrogen and oxygen atoms in total. The van der Waals surface area contributed by atoms with E-state index in [4.69, 9.17) is 9.16 Å². The van der Waals surface area contributed by atoms with E-state index < -0.39 is 8.32 Å². The van der Waals surface area contributed by atoms with E-state index in [1.807, 2.05) is 6.92 Å². The van der Waals surface area contributed by atoms with Crippen LogP contribution in [0, 0.1) is 6.92 Å². The van der Waals surface area contributed by atoms with Gasteiger partial charge in [-0.05, 0) is 22.3 Å². The lowest BCUT2D eigenvalue weighted by Crippen LogP contribution is -2.66. The number of aromatic nitrogens is 2. The maximum absolute atomic E-state index is 6.95. The summed E-state index contributed by atoms with van der Waals surface area (Å²) in [5.74, 6) is 0.574. The van der Waals surface area contributed by atoms with Crippen molar-refractivity contribution in [1.82, 2.24) is 9.97 Å². The van der Waals surface area contributed by atoms with Crippen molar-refractivity contribution in [2.75, 3.05) is 7.11 Å². The third-order valence-electron chi connectivity index (χ3n) is 5.16. The van der Waals surface area contributed by atoms with Gasteiger partial charge in [0.25, 0.3) is 8.32 Å². The molecule has 0 aliphatic heterocycles. The molecule has 0 fully saturated rings. The molecule has 0 saturated heterocycles. The highest BCUT2D eigenvalue weighted by molar-refractivity contribution is 6.99. The van der Waals surface area contributed by atoms with Crippen LogP contribution in [0.3, 0.4) is 0 Å². The van der Waals surface area contributed by atoms with Gasteiger partial charge in [-0.2, -0.15) is 0 Å². The molecule has 2 aromatic carbocycles. The van der Waals surface area contributed by atoms with Gasteiger partial charge in [0, 0.05) is 5.69 Å². The molecule has 0 amide bonds. The predicted molar refractivity (Wildman–Crippen MR) is 116 cm³/mol. The molecule has 0 bridgehead atoms. The van der Waals surface area contributed by atoms with Gasteiger partial charge in [-0.25, -0.2) is 9.97 Å². The quantitative estimate of drug-likeness (QED) is 0.598. The number of rotatable bonds is 6. The molecule has 0 radical (unpaired) electrons. The molecule has 0 unspecified atom stereocenters. The van der Waals surface area contributed by atoms with Crippen LogP contribution in [0.2, 0.25) is 5.04 Å². The second kappa shape index (κ2) is 8.25. The Balaban J connectivity index is 2.15. The van der Waals surface area contributed by atoms with E-state index in [1.54, 1.807) is 7.11 Å². The first-order chi connectivity index (χ1) is 13.4. The number of nitrogens with zero attached hydrogens (tertiary/aromatic N) is 2. The summed E-state index contributed by atoms with van der Waals surface area (Å²) in [5.41, 5.74) is 1.78. The fourth-order valence-corrected chi connectivity index (χ4v) is 8.28. The molecule has 5 heteroatoms. The van der Waals surface area contributed by atoms with Crippen molar-refractivity contribution < 1.29 is 9.16 Å². The zero-order chi connectivity index (χ0) is 20.2. The normalized spacial score (nSPS) is 12.0. The Morgan fingerprint density at radius 1 is 0.857 bits per heavy atom. The molecule has 1 aromatic heterocycles. The fraction of sp³-hybridized carbons (Fsp3) is 0.304. The Hall–Kier alpha value is -2.50. The van der Waals surface area contributed by atoms with Crippen molar-refractivity contribution in [3.05, 3.63) is 78.2 Å². The van der Waals surface area contributed by atoms with Crippen LogP contribution in [-0.2, 0) is 11.0 Å². The molecule has 0 spiro atoms. The second-order valence-corrected chi connectivity index (χ2v) is 12.2. The maximum Gasteiger partial charge on any atom is 0.261 e. The summed E-state index contributed by atoms with van der Waals surface area (Å²) < 4.78 is 12.4. The second-order valence-electron chi connectivity index (χ2n) is 7.90. The molecular weight excluding hydrogens is 364 g/mol. The van der Waals surface area contributed by atoms with Gasteiger partial charge in [-0.3, -0.25) is 0 Å². The molecule has 3 aromatic rings. The van der Waals surface area contributed by atoms with Gasteiger partial charge < -0.3 is 9.16 Å². The number of ether oxygens (including phenoxy) is 1. The number of aryl methyl sites for hydroxylation is 1. The summed E-state index contributed by atoms with van der Waals surface area (Å²) in [4.78, 5) is 8.61. The summed E-state index contributed by atoms with van der Waals surface area (Å²) in [7, 11) is -0.969. The Bertz CT molecular complexity index is 869. The highest BCUT2D eigenvalue weighted by Crippen LogP contribution is 2.37. The molecule has 0 saturated carbocycles. The van der Waals surface area contributed by atoms with E-state index >= 15 is 0 Å². The van der Waals surface area contributed by atoms with E-state index in [1.165, 1.54) is 16.7 Å². The van der Waals surface area contributed by atoms with Gasteiger partial charge in [0.05, 0.1) is 19.3 Å². The highest BCUT2D eigenvalue weighted by Gasteiger charge is 2.50. The smallest absolute Gasteiger partial charge is 0.261 e. The van der Waals surface area contributed by atoms with Crippen molar-refractivity contribution in [2.24, 2.45) is 0 Å². The van der Waals surface area contributed by atoms with Crippen molar-refractivity contribution in [3.63, 3.8) is 0 Å². The van der Waals surface area contributed by atoms with E-state index in [9.17, 15) is 0 Å². The molecular formula is C23H28N2O2Si. The lowest BCUT2D eigenvalue weighted by atomic mass is 10.2. The average Bonchev–Trinajstić information content (AvgIpc) is 2.70. The Labute approximate surface area is 168 Å². The van der Waals surface area contributed by atoms with Crippen LogP contribution in [0.25, 0.3) is 0 Å². The summed E-state index contributed by atoms with van der Waals surface area (Å²) >= 11 is 0. The standard InChI is InChI=1S/C23H28N2O2Si/c1-18-21(22(26-5)25-17-24-18)16-27-28(23(2,3)4,19-12-8-6-9-13-19)20-14-10-7-11-15-20/h6-15,17H,16H2,1-5H3. The van der Waals surface area contributed by atoms with E-state index in [-0.39, 0.29) is 5.04 Å². The highest BCUT2D eigenvalue weighted by atomic mass is 28.4. The molecule has 0 aliphatic carbocycles. The first-order valence-corrected chi connectivity index (χ1v) is 11.4. The van der Waals surface area contributed by atoms with Gasteiger partial charge in [0.2, 0.25) is 5.88 Å². The largest absolute Gasteiger partial charge is 0.481 e. The van der Waals surface area contributed by atoms with Gasteiger partial charge in [0.15, 0.2) is 0 Å². The topological polar surface area (TPSA) is 44.2 Å². The van der Waals surface area contributed by atoms with Crippen molar-refractivity contribution >= 4 is 18.7 Å². The average molecular weight is 393 g/mol. The van der Waals surface area contributed by atoms with Gasteiger partial charge >= 0.3 is 0 Å². The lowest BCUT2D eigenvalue weighted by Gasteiger charge is -2.43. The Kier molecular flexibility index (Phi) is 5.96. The van der Waals surface area contributed by atoms with E-state index in [2.05, 4.69) is 91.4 Å². The zero-order valence-electron chi connectivity index (χ0n) is 17.3. The summed E-state index contributed by atoms with van der Waals surface area (Å²) in [6, 6.07) is 21.2. The monoisotopic (exact) mass is 392 g/mol. The van der Waals surface area contributed by atoms with E-state index in [0.29, 0.717) is 12.5 Å². The summed E-state index contributed by atoms with van der Waals surface area (Å²) in [5, 5.41) is 2.43. The van der Waals surface area contributed by atoms with Crippen molar-refractivity contribution in [1.29, 1.82) is 0 Å². The fourth-order valence-electron chi connectivity index (χ4n) is 3.76. The Morgan fingerprint density at radius 2 is 1.39 bits per heavy atom. The van der Waals surface area contributed by atoms with Gasteiger partial charge in [-0.1, -0.05) is 81.4 Å². The van der Waals surface area contributed by atoms with Crippen LogP contribution < -0.4 is 15.1 Å². The minimum Gasteiger partial charge on any atom is -0.481 e. The lowest BCUT2D eigenvalue weighted by molar-refractivity contribution is 0.274. The maximum atomic E-state index is 6.95. The Morgan fingerprint density at radius 3 is 1.86 bits per heavy atom. The van der Waals surface area contributed by atoms with Crippen LogP contribution in [0.5, 0.6) is 5.88 Å². The van der Waals surface area contributed by atoms with Gasteiger partial charge in [-0.15, -0.1) is 0 Å². The molecule has 3 rings (SSSR count). The molecule has 146 valence electrons. The third-order valence-corrected chi connectivity index (χ3v) is 10.1. The van der Waals surface area contributed by atoms with Crippen LogP contribution in [0.15, 0.2) is 67.0 Å². The minimum atomic E-state index is -2.60. The van der Waals surface area contributed by atoms with Crippen molar-refractivity contribution in [2.45, 2.75) is 39.3 Å². The predicted octanol–water partition coefficient (Wildman–Crippen LogP) is 3.87. The number of methoxy groups -OCH3 is 1. The van der Waals surface area contributed by atoms with Crippen LogP contribution in [0.1, 0.15) is 32.0 Å². The minimum absolute atomic E-state index is 0.0769. The molecule has 0 aliphatic rings. The first kappa shape index (κ1) is 20.2. The molecule has 28 heavy (non-hydrogen) atoms. The number of benzene rings is 2. The third kappa shape index (κ3) is 3.73. The zero-order valence-corrected chi connectivity index (χ0v) is 18.3.